The normalized spacial score (nSPS) is 19.1. The van der Waals surface area contributed by atoms with Crippen molar-refractivity contribution in [1.29, 1.82) is 0 Å². The van der Waals surface area contributed by atoms with Gasteiger partial charge >= 0.3 is 0 Å². The van der Waals surface area contributed by atoms with E-state index in [1.807, 2.05) is 60.7 Å². The van der Waals surface area contributed by atoms with Crippen molar-refractivity contribution < 1.29 is 14.3 Å². The predicted molar refractivity (Wildman–Crippen MR) is 137 cm³/mol. The molecule has 35 heavy (non-hydrogen) atoms. The molecular formula is C28H30ClN3O3. The maximum absolute atomic E-state index is 13.2. The minimum Gasteiger partial charge on any atom is -0.454 e. The molecule has 3 aromatic carbocycles. The van der Waals surface area contributed by atoms with Crippen LogP contribution in [0.25, 0.3) is 0 Å². The standard InChI is InChI=1S/C28H30ClN3O3/c29-23-9-6-21(7-10-23)16-31-24-15-25(32(18-24)17-22-4-2-1-3-5-22)28(33)30-13-12-20-8-11-26-27(14-20)35-19-34-26/h1-11,14,24-25,31H,12-13,15-19H2,(H,30,33)/t24-,25+/m1/s1. The van der Waals surface area contributed by atoms with Crippen LogP contribution in [0.4, 0.5) is 0 Å². The Kier molecular flexibility index (Phi) is 7.52. The van der Waals surface area contributed by atoms with Crippen molar-refractivity contribution in [3.05, 3.63) is 94.5 Å². The highest BCUT2D eigenvalue weighted by Gasteiger charge is 2.36. The number of likely N-dealkylation sites (tertiary alicyclic amines) is 1. The number of hydrogen-bond acceptors (Lipinski definition) is 5. The fourth-order valence-electron chi connectivity index (χ4n) is 4.73. The minimum absolute atomic E-state index is 0.0810. The van der Waals surface area contributed by atoms with Crippen LogP contribution < -0.4 is 20.1 Å². The Morgan fingerprint density at radius 2 is 1.71 bits per heavy atom. The zero-order valence-corrected chi connectivity index (χ0v) is 20.3. The van der Waals surface area contributed by atoms with Crippen molar-refractivity contribution in [3.8, 4) is 11.5 Å². The first-order valence-corrected chi connectivity index (χ1v) is 12.4. The van der Waals surface area contributed by atoms with Crippen molar-refractivity contribution in [1.82, 2.24) is 15.5 Å². The Morgan fingerprint density at radius 3 is 2.54 bits per heavy atom. The van der Waals surface area contributed by atoms with Gasteiger partial charge in [-0.2, -0.15) is 0 Å². The van der Waals surface area contributed by atoms with Gasteiger partial charge < -0.3 is 20.1 Å². The van der Waals surface area contributed by atoms with Crippen LogP contribution in [0.5, 0.6) is 11.5 Å². The number of fused-ring (bicyclic) bond motifs is 1. The lowest BCUT2D eigenvalue weighted by molar-refractivity contribution is -0.125. The summed E-state index contributed by atoms with van der Waals surface area (Å²) in [5.41, 5.74) is 3.51. The van der Waals surface area contributed by atoms with Crippen LogP contribution in [0.1, 0.15) is 23.1 Å². The second-order valence-electron chi connectivity index (χ2n) is 9.10. The van der Waals surface area contributed by atoms with Gasteiger partial charge in [-0.25, -0.2) is 0 Å². The molecule has 2 heterocycles. The first-order chi connectivity index (χ1) is 17.1. The number of ether oxygens (including phenoxy) is 2. The Bertz CT molecular complexity index is 1140. The quantitative estimate of drug-likeness (QED) is 0.470. The summed E-state index contributed by atoms with van der Waals surface area (Å²) in [5.74, 6) is 1.63. The summed E-state index contributed by atoms with van der Waals surface area (Å²) in [6, 6.07) is 24.2. The van der Waals surface area contributed by atoms with E-state index in [9.17, 15) is 4.79 Å². The van der Waals surface area contributed by atoms with Gasteiger partial charge in [0.25, 0.3) is 0 Å². The maximum Gasteiger partial charge on any atom is 0.237 e. The molecule has 5 rings (SSSR count). The van der Waals surface area contributed by atoms with Crippen LogP contribution >= 0.6 is 11.6 Å². The molecule has 0 radical (unpaired) electrons. The third kappa shape index (κ3) is 6.14. The molecule has 7 heteroatoms. The molecule has 0 spiro atoms. The zero-order valence-electron chi connectivity index (χ0n) is 19.6. The van der Waals surface area contributed by atoms with Crippen molar-refractivity contribution in [3.63, 3.8) is 0 Å². The van der Waals surface area contributed by atoms with Crippen LogP contribution in [-0.4, -0.2) is 42.8 Å². The summed E-state index contributed by atoms with van der Waals surface area (Å²) in [4.78, 5) is 15.5. The van der Waals surface area contributed by atoms with Crippen LogP contribution in [-0.2, 0) is 24.3 Å². The summed E-state index contributed by atoms with van der Waals surface area (Å²) in [6.07, 6.45) is 1.52. The van der Waals surface area contributed by atoms with E-state index in [1.165, 1.54) is 11.1 Å². The SMILES string of the molecule is O=C(NCCc1ccc2c(c1)OCO2)[C@@H]1C[C@@H](NCc2ccc(Cl)cc2)CN1Cc1ccccc1. The molecule has 1 fully saturated rings. The summed E-state index contributed by atoms with van der Waals surface area (Å²) >= 11 is 6.01. The number of nitrogens with zero attached hydrogens (tertiary/aromatic N) is 1. The molecule has 6 nitrogen and oxygen atoms in total. The Balaban J connectivity index is 1.18. The number of nitrogens with one attached hydrogen (secondary N) is 2. The highest BCUT2D eigenvalue weighted by Crippen LogP contribution is 2.32. The van der Waals surface area contributed by atoms with Gasteiger partial charge in [0.15, 0.2) is 11.5 Å². The van der Waals surface area contributed by atoms with Gasteiger partial charge in [-0.05, 0) is 53.8 Å². The van der Waals surface area contributed by atoms with Gasteiger partial charge in [0.1, 0.15) is 0 Å². The lowest BCUT2D eigenvalue weighted by Gasteiger charge is -2.23. The highest BCUT2D eigenvalue weighted by molar-refractivity contribution is 6.30. The molecule has 182 valence electrons. The number of amides is 1. The molecular weight excluding hydrogens is 462 g/mol. The molecule has 0 bridgehead atoms. The van der Waals surface area contributed by atoms with Crippen LogP contribution in [0, 0.1) is 0 Å². The number of carbonyl (C=O) groups is 1. The summed E-state index contributed by atoms with van der Waals surface area (Å²) in [5, 5.41) is 7.53. The Hall–Kier alpha value is -3.06. The second kappa shape index (κ2) is 11.1. The van der Waals surface area contributed by atoms with Crippen molar-refractivity contribution in [2.45, 2.75) is 38.0 Å². The lowest BCUT2D eigenvalue weighted by Crippen LogP contribution is -2.43. The minimum atomic E-state index is -0.172. The molecule has 2 N–H and O–H groups in total. The molecule has 0 aliphatic carbocycles. The summed E-state index contributed by atoms with van der Waals surface area (Å²) < 4.78 is 10.8. The van der Waals surface area contributed by atoms with E-state index in [-0.39, 0.29) is 24.8 Å². The summed E-state index contributed by atoms with van der Waals surface area (Å²) in [6.45, 7) is 3.17. The van der Waals surface area contributed by atoms with E-state index in [0.717, 1.165) is 54.6 Å². The molecule has 0 aromatic heterocycles. The molecule has 0 unspecified atom stereocenters. The first kappa shape index (κ1) is 23.7. The van der Waals surface area contributed by atoms with Gasteiger partial charge in [-0.3, -0.25) is 9.69 Å². The van der Waals surface area contributed by atoms with Crippen molar-refractivity contribution in [2.24, 2.45) is 0 Å². The fourth-order valence-corrected chi connectivity index (χ4v) is 4.85. The third-order valence-corrected chi connectivity index (χ3v) is 6.84. The van der Waals surface area contributed by atoms with E-state index in [0.29, 0.717) is 6.54 Å². The average molecular weight is 492 g/mol. The number of benzene rings is 3. The molecule has 2 atom stereocenters. The van der Waals surface area contributed by atoms with Gasteiger partial charge in [0.05, 0.1) is 6.04 Å². The van der Waals surface area contributed by atoms with Gasteiger partial charge in [0, 0.05) is 37.2 Å². The zero-order chi connectivity index (χ0) is 24.0. The molecule has 2 aliphatic rings. The van der Waals surface area contributed by atoms with Crippen LogP contribution in [0.15, 0.2) is 72.8 Å². The smallest absolute Gasteiger partial charge is 0.237 e. The predicted octanol–water partition coefficient (Wildman–Crippen LogP) is 4.16. The van der Waals surface area contributed by atoms with E-state index >= 15 is 0 Å². The molecule has 3 aromatic rings. The van der Waals surface area contributed by atoms with E-state index in [4.69, 9.17) is 21.1 Å². The Labute approximate surface area is 211 Å². The number of halogens is 1. The van der Waals surface area contributed by atoms with Gasteiger partial charge in [-0.1, -0.05) is 60.1 Å². The Morgan fingerprint density at radius 1 is 0.943 bits per heavy atom. The maximum atomic E-state index is 13.2. The van der Waals surface area contributed by atoms with E-state index in [2.05, 4.69) is 27.7 Å². The highest BCUT2D eigenvalue weighted by atomic mass is 35.5. The van der Waals surface area contributed by atoms with Crippen LogP contribution in [0.3, 0.4) is 0 Å². The molecule has 1 saturated heterocycles. The second-order valence-corrected chi connectivity index (χ2v) is 9.54. The van der Waals surface area contributed by atoms with E-state index < -0.39 is 0 Å². The third-order valence-electron chi connectivity index (χ3n) is 6.59. The average Bonchev–Trinajstić information content (AvgIpc) is 3.51. The van der Waals surface area contributed by atoms with Gasteiger partial charge in [-0.15, -0.1) is 0 Å². The monoisotopic (exact) mass is 491 g/mol. The molecule has 0 saturated carbocycles. The fraction of sp³-hybridized carbons (Fsp3) is 0.321. The largest absolute Gasteiger partial charge is 0.454 e. The van der Waals surface area contributed by atoms with Gasteiger partial charge in [0.2, 0.25) is 12.7 Å². The number of hydrogen-bond donors (Lipinski definition) is 2. The lowest BCUT2D eigenvalue weighted by atomic mass is 10.1. The van der Waals surface area contributed by atoms with Crippen LogP contribution in [0.2, 0.25) is 5.02 Å². The van der Waals surface area contributed by atoms with Crippen molar-refractivity contribution >= 4 is 17.5 Å². The molecule has 1 amide bonds. The topological polar surface area (TPSA) is 62.8 Å². The van der Waals surface area contributed by atoms with Crippen molar-refractivity contribution in [2.75, 3.05) is 19.9 Å². The van der Waals surface area contributed by atoms with E-state index in [1.54, 1.807) is 0 Å². The summed E-state index contributed by atoms with van der Waals surface area (Å²) in [7, 11) is 0. The number of carbonyl (C=O) groups excluding carboxylic acids is 1. The molecule has 2 aliphatic heterocycles. The first-order valence-electron chi connectivity index (χ1n) is 12.1. The number of rotatable bonds is 9.